The maximum Gasteiger partial charge on any atom is 0.504 e. The van der Waals surface area contributed by atoms with Gasteiger partial charge in [-0.05, 0) is 12.8 Å². The maximum atomic E-state index is 10.7. The minimum absolute atomic E-state index is 0.0715. The van der Waals surface area contributed by atoms with Crippen LogP contribution in [0.5, 0.6) is 0 Å². The highest BCUT2D eigenvalue weighted by Gasteiger charge is 2.38. The molecular formula is C12H24N2O5Si. The van der Waals surface area contributed by atoms with Crippen LogP contribution in [0.15, 0.2) is 0 Å². The van der Waals surface area contributed by atoms with Crippen LogP contribution in [0.25, 0.3) is 0 Å². The van der Waals surface area contributed by atoms with Crippen molar-refractivity contribution in [3.8, 4) is 0 Å². The number of carbonyl (C=O) groups is 1. The molecule has 1 heterocycles. The minimum Gasteiger partial charge on any atom is -0.546 e. The van der Waals surface area contributed by atoms with E-state index in [9.17, 15) is 9.90 Å². The van der Waals surface area contributed by atoms with Crippen molar-refractivity contribution in [3.05, 3.63) is 0 Å². The van der Waals surface area contributed by atoms with Crippen LogP contribution in [-0.2, 0) is 18.1 Å². The van der Waals surface area contributed by atoms with E-state index in [4.69, 9.17) is 13.3 Å². The lowest BCUT2D eigenvalue weighted by Crippen LogP contribution is -2.46. The second-order valence-corrected chi connectivity index (χ2v) is 7.84. The molecule has 0 N–H and O–H groups in total. The van der Waals surface area contributed by atoms with E-state index in [1.165, 1.54) is 0 Å². The largest absolute Gasteiger partial charge is 0.546 e. The van der Waals surface area contributed by atoms with Gasteiger partial charge in [0.15, 0.2) is 0 Å². The first-order valence-corrected chi connectivity index (χ1v) is 8.67. The van der Waals surface area contributed by atoms with Gasteiger partial charge in [0.25, 0.3) is 0 Å². The number of aliphatic carboxylic acids is 1. The number of hydrogen-bond donors (Lipinski definition) is 0. The Morgan fingerprint density at radius 2 is 1.95 bits per heavy atom. The van der Waals surface area contributed by atoms with Crippen molar-refractivity contribution in [1.29, 1.82) is 0 Å². The molecule has 0 aromatic carbocycles. The molecule has 0 atom stereocenters. The molecule has 0 fully saturated rings. The molecule has 1 rings (SSSR count). The van der Waals surface area contributed by atoms with Gasteiger partial charge in [-0.3, -0.25) is 9.48 Å². The molecule has 0 aliphatic carbocycles. The average Bonchev–Trinajstić information content (AvgIpc) is 2.65. The lowest BCUT2D eigenvalue weighted by Gasteiger charge is -2.25. The van der Waals surface area contributed by atoms with E-state index in [0.717, 1.165) is 25.9 Å². The molecule has 8 heteroatoms. The van der Waals surface area contributed by atoms with Gasteiger partial charge in [-0.15, -0.1) is 0 Å². The second-order valence-electron chi connectivity index (χ2n) is 4.75. The molecule has 20 heavy (non-hydrogen) atoms. The Morgan fingerprint density at radius 3 is 2.50 bits per heavy atom. The molecule has 0 bridgehead atoms. The predicted molar refractivity (Wildman–Crippen MR) is 73.5 cm³/mol. The summed E-state index contributed by atoms with van der Waals surface area (Å²) in [7, 11) is 2.19. The van der Waals surface area contributed by atoms with Crippen LogP contribution >= 0.6 is 0 Å². The molecular weight excluding hydrogens is 280 g/mol. The van der Waals surface area contributed by atoms with Crippen molar-refractivity contribution in [2.24, 2.45) is 0 Å². The molecule has 0 unspecified atom stereocenters. The fourth-order valence-electron chi connectivity index (χ4n) is 2.27. The summed E-state index contributed by atoms with van der Waals surface area (Å²) in [6.45, 7) is 2.28. The molecule has 0 aromatic rings. The summed E-state index contributed by atoms with van der Waals surface area (Å²) < 4.78 is 17.9. The van der Waals surface area contributed by atoms with E-state index < -0.39 is 14.8 Å². The molecule has 0 spiro atoms. The summed E-state index contributed by atoms with van der Waals surface area (Å²) in [5, 5.41) is 10.7. The standard InChI is InChI=1S/C12H24N2O5Si/c1-17-20(18-2,19-3)9-8-13-6-4-5-7-14(11-13)10-12(15)16/h11H,4-10H2,1-3H3. The highest BCUT2D eigenvalue weighted by Crippen LogP contribution is 2.13. The van der Waals surface area contributed by atoms with Crippen LogP contribution < -0.4 is 5.11 Å². The Labute approximate surface area is 121 Å². The summed E-state index contributed by atoms with van der Waals surface area (Å²) in [5.41, 5.74) is 0. The SMILES string of the molecule is CO[Si](CCN1C=[N+](CC(=O)[O-])CCCC1)(OC)OC. The van der Waals surface area contributed by atoms with E-state index in [2.05, 4.69) is 4.90 Å². The van der Waals surface area contributed by atoms with Gasteiger partial charge in [0.1, 0.15) is 6.54 Å². The topological polar surface area (TPSA) is 74.1 Å². The van der Waals surface area contributed by atoms with Gasteiger partial charge in [0.2, 0.25) is 6.34 Å². The number of hydrogen-bond acceptors (Lipinski definition) is 6. The Balaban J connectivity index is 2.62. The van der Waals surface area contributed by atoms with Gasteiger partial charge >= 0.3 is 8.80 Å². The number of carboxylic acids is 1. The van der Waals surface area contributed by atoms with E-state index in [0.29, 0.717) is 12.6 Å². The van der Waals surface area contributed by atoms with Crippen LogP contribution in [0.2, 0.25) is 6.04 Å². The molecule has 1 aliphatic heterocycles. The Kier molecular flexibility index (Phi) is 7.14. The average molecular weight is 304 g/mol. The third-order valence-electron chi connectivity index (χ3n) is 3.44. The first-order chi connectivity index (χ1) is 9.55. The zero-order chi connectivity index (χ0) is 15.0. The predicted octanol–water partition coefficient (Wildman–Crippen LogP) is -1.25. The highest BCUT2D eigenvalue weighted by molar-refractivity contribution is 6.60. The summed E-state index contributed by atoms with van der Waals surface area (Å²) in [6.07, 6.45) is 3.87. The van der Waals surface area contributed by atoms with Gasteiger partial charge in [0, 0.05) is 21.3 Å². The van der Waals surface area contributed by atoms with Crippen LogP contribution in [-0.4, -0.2) is 78.1 Å². The van der Waals surface area contributed by atoms with Gasteiger partial charge in [-0.2, -0.15) is 0 Å². The lowest BCUT2D eigenvalue weighted by atomic mass is 10.3. The van der Waals surface area contributed by atoms with Crippen molar-refractivity contribution in [2.75, 3.05) is 47.5 Å². The van der Waals surface area contributed by atoms with Crippen molar-refractivity contribution < 1.29 is 27.8 Å². The quantitative estimate of drug-likeness (QED) is 0.412. The minimum atomic E-state index is -2.58. The fraction of sp³-hybridized carbons (Fsp3) is 0.833. The van der Waals surface area contributed by atoms with Gasteiger partial charge in [-0.25, -0.2) is 0 Å². The van der Waals surface area contributed by atoms with Crippen LogP contribution in [0.4, 0.5) is 0 Å². The number of carboxylic acid groups (broad SMARTS) is 1. The molecule has 7 nitrogen and oxygen atoms in total. The summed E-state index contributed by atoms with van der Waals surface area (Å²) in [4.78, 5) is 12.8. The first-order valence-electron chi connectivity index (χ1n) is 6.73. The second kappa shape index (κ2) is 8.35. The van der Waals surface area contributed by atoms with Crippen LogP contribution in [0.1, 0.15) is 12.8 Å². The van der Waals surface area contributed by atoms with Gasteiger partial charge < -0.3 is 23.2 Å². The number of carbonyl (C=O) groups excluding carboxylic acids is 1. The normalized spacial score (nSPS) is 16.8. The monoisotopic (exact) mass is 304 g/mol. The number of rotatable bonds is 8. The molecule has 116 valence electrons. The summed E-state index contributed by atoms with van der Waals surface area (Å²) >= 11 is 0. The molecule has 1 aliphatic rings. The van der Waals surface area contributed by atoms with Crippen LogP contribution in [0, 0.1) is 0 Å². The highest BCUT2D eigenvalue weighted by atomic mass is 28.4. The maximum absolute atomic E-state index is 10.7. The molecule has 0 amide bonds. The van der Waals surface area contributed by atoms with E-state index in [1.807, 2.05) is 6.34 Å². The smallest absolute Gasteiger partial charge is 0.504 e. The number of nitrogens with zero attached hydrogens (tertiary/aromatic N) is 2. The van der Waals surface area contributed by atoms with Gasteiger partial charge in [-0.1, -0.05) is 0 Å². The van der Waals surface area contributed by atoms with Crippen LogP contribution in [0.3, 0.4) is 0 Å². The van der Waals surface area contributed by atoms with Gasteiger partial charge in [0.05, 0.1) is 31.6 Å². The summed E-state index contributed by atoms with van der Waals surface area (Å²) in [5.74, 6) is -1.06. The van der Waals surface area contributed by atoms with E-state index in [-0.39, 0.29) is 6.54 Å². The molecule has 0 saturated carbocycles. The molecule has 0 aromatic heterocycles. The third-order valence-corrected chi connectivity index (χ3v) is 6.14. The van der Waals surface area contributed by atoms with E-state index >= 15 is 0 Å². The van der Waals surface area contributed by atoms with Crippen molar-refractivity contribution in [2.45, 2.75) is 18.9 Å². The Bertz CT molecular complexity index is 338. The van der Waals surface area contributed by atoms with Crippen molar-refractivity contribution >= 4 is 21.1 Å². The molecule has 0 radical (unpaired) electrons. The lowest BCUT2D eigenvalue weighted by molar-refractivity contribution is -0.526. The Hall–Kier alpha value is -0.963. The Morgan fingerprint density at radius 1 is 1.30 bits per heavy atom. The van der Waals surface area contributed by atoms with Crippen molar-refractivity contribution in [3.63, 3.8) is 0 Å². The zero-order valence-corrected chi connectivity index (χ0v) is 13.5. The zero-order valence-electron chi connectivity index (χ0n) is 12.5. The third kappa shape index (κ3) is 5.20. The van der Waals surface area contributed by atoms with Crippen molar-refractivity contribution in [1.82, 2.24) is 4.90 Å². The van der Waals surface area contributed by atoms with E-state index in [1.54, 1.807) is 25.9 Å². The summed E-state index contributed by atoms with van der Waals surface area (Å²) in [6, 6.07) is 0.659. The fourth-order valence-corrected chi connectivity index (χ4v) is 3.94. The first kappa shape index (κ1) is 17.1. The molecule has 0 saturated heterocycles.